The summed E-state index contributed by atoms with van der Waals surface area (Å²) in [6, 6.07) is 27.7. The van der Waals surface area contributed by atoms with Crippen molar-refractivity contribution in [2.24, 2.45) is 9.98 Å². The lowest BCUT2D eigenvalue weighted by Crippen LogP contribution is -2.43. The molecule has 0 radical (unpaired) electrons. The summed E-state index contributed by atoms with van der Waals surface area (Å²) in [5.74, 6) is 0. The molecule has 6 rings (SSSR count). The smallest absolute Gasteiger partial charge is 0.133 e. The van der Waals surface area contributed by atoms with Crippen molar-refractivity contribution in [2.45, 2.75) is 31.5 Å². The number of allylic oxidation sites excluding steroid dienone is 2. The van der Waals surface area contributed by atoms with E-state index in [-0.39, 0.29) is 6.04 Å². The van der Waals surface area contributed by atoms with Gasteiger partial charge in [0.15, 0.2) is 0 Å². The number of nitrogens with one attached hydrogen (secondary N) is 1. The summed E-state index contributed by atoms with van der Waals surface area (Å²) < 4.78 is 0.932. The Morgan fingerprint density at radius 1 is 0.919 bits per heavy atom. The molecule has 37 heavy (non-hydrogen) atoms. The molecule has 1 atom stereocenters. The van der Waals surface area contributed by atoms with Crippen LogP contribution in [0.25, 0.3) is 11.1 Å². The average Bonchev–Trinajstić information content (AvgIpc) is 3.31. The second kappa shape index (κ2) is 10.8. The summed E-state index contributed by atoms with van der Waals surface area (Å²) in [5.41, 5.74) is 7.76. The van der Waals surface area contributed by atoms with Gasteiger partial charge in [0.1, 0.15) is 6.04 Å². The molecule has 3 aliphatic rings. The zero-order valence-corrected chi connectivity index (χ0v) is 22.8. The zero-order valence-electron chi connectivity index (χ0n) is 20.4. The number of rotatable bonds is 6. The minimum Gasteiger partial charge on any atom is -0.383 e. The third-order valence-corrected chi connectivity index (χ3v) is 8.16. The number of dihydropyridines is 1. The monoisotopic (exact) mass is 570 g/mol. The van der Waals surface area contributed by atoms with Gasteiger partial charge in [-0.1, -0.05) is 78.3 Å². The van der Waals surface area contributed by atoms with Crippen LogP contribution in [0, 0.1) is 0 Å². The van der Waals surface area contributed by atoms with Gasteiger partial charge in [0.25, 0.3) is 0 Å². The minimum absolute atomic E-state index is 0.0839. The Morgan fingerprint density at radius 2 is 1.68 bits per heavy atom. The summed E-state index contributed by atoms with van der Waals surface area (Å²) in [6.45, 7) is 3.10. The first-order chi connectivity index (χ1) is 18.1. The van der Waals surface area contributed by atoms with Gasteiger partial charge in [0, 0.05) is 48.2 Å². The second-order valence-electron chi connectivity index (χ2n) is 9.75. The normalized spacial score (nSPS) is 20.0. The summed E-state index contributed by atoms with van der Waals surface area (Å²) in [4.78, 5) is 12.2. The average molecular weight is 572 g/mol. The van der Waals surface area contributed by atoms with Crippen molar-refractivity contribution in [3.63, 3.8) is 0 Å². The summed E-state index contributed by atoms with van der Waals surface area (Å²) in [5, 5.41) is 4.53. The largest absolute Gasteiger partial charge is 0.383 e. The number of nitrogens with zero attached hydrogens (tertiary/aromatic N) is 3. The van der Waals surface area contributed by atoms with Gasteiger partial charge in [-0.3, -0.25) is 9.89 Å². The lowest BCUT2D eigenvalue weighted by atomic mass is 9.98. The molecule has 1 N–H and O–H groups in total. The molecule has 3 aliphatic heterocycles. The van der Waals surface area contributed by atoms with Crippen LogP contribution in [-0.4, -0.2) is 42.0 Å². The van der Waals surface area contributed by atoms with Crippen LogP contribution >= 0.6 is 27.5 Å². The fourth-order valence-electron chi connectivity index (χ4n) is 5.27. The van der Waals surface area contributed by atoms with E-state index >= 15 is 0 Å². The van der Waals surface area contributed by atoms with Crippen LogP contribution in [-0.2, 0) is 6.54 Å². The van der Waals surface area contributed by atoms with E-state index in [2.05, 4.69) is 86.8 Å². The van der Waals surface area contributed by atoms with Gasteiger partial charge in [0.05, 0.1) is 15.9 Å². The van der Waals surface area contributed by atoms with Crippen LogP contribution in [0.1, 0.15) is 24.0 Å². The number of piperidine rings is 1. The highest BCUT2D eigenvalue weighted by atomic mass is 79.9. The Morgan fingerprint density at radius 3 is 2.49 bits per heavy atom. The van der Waals surface area contributed by atoms with Crippen LogP contribution < -0.4 is 5.32 Å². The number of halogens is 2. The van der Waals surface area contributed by atoms with Crippen molar-refractivity contribution in [3.8, 4) is 11.1 Å². The molecule has 0 aromatic heterocycles. The number of fused-ring (bicyclic) bond motifs is 1. The Hall–Kier alpha value is -2.99. The van der Waals surface area contributed by atoms with Crippen molar-refractivity contribution in [1.29, 1.82) is 0 Å². The van der Waals surface area contributed by atoms with E-state index in [0.717, 1.165) is 59.6 Å². The van der Waals surface area contributed by atoms with Crippen LogP contribution in [0.4, 0.5) is 0 Å². The molecule has 3 heterocycles. The van der Waals surface area contributed by atoms with Crippen molar-refractivity contribution in [3.05, 3.63) is 117 Å². The molecular formula is C31H28BrClN4. The van der Waals surface area contributed by atoms with Gasteiger partial charge in [-0.25, -0.2) is 4.99 Å². The van der Waals surface area contributed by atoms with Crippen LogP contribution in [0.5, 0.6) is 0 Å². The van der Waals surface area contributed by atoms with E-state index in [1.165, 1.54) is 16.7 Å². The maximum Gasteiger partial charge on any atom is 0.133 e. The molecule has 1 unspecified atom stereocenters. The maximum atomic E-state index is 6.51. The molecule has 1 saturated heterocycles. The molecule has 0 amide bonds. The molecule has 0 aliphatic carbocycles. The Labute approximate surface area is 231 Å². The van der Waals surface area contributed by atoms with Gasteiger partial charge in [-0.2, -0.15) is 0 Å². The van der Waals surface area contributed by atoms with Crippen LogP contribution in [0.2, 0.25) is 5.02 Å². The lowest BCUT2D eigenvalue weighted by Gasteiger charge is -2.34. The summed E-state index contributed by atoms with van der Waals surface area (Å²) in [7, 11) is 0. The first kappa shape index (κ1) is 24.4. The molecule has 0 spiro atoms. The minimum atomic E-state index is -0.0839. The van der Waals surface area contributed by atoms with E-state index < -0.39 is 0 Å². The molecule has 6 heteroatoms. The first-order valence-corrected chi connectivity index (χ1v) is 13.9. The molecular weight excluding hydrogens is 544 g/mol. The van der Waals surface area contributed by atoms with Crippen molar-refractivity contribution in [2.75, 3.05) is 13.1 Å². The SMILES string of the molecule is Clc1ccccc1C1=NC2=C(Br)C=NC2C(NC2CCN(Cc3cccc(-c4ccccc4)c3)CC2)=C1. The van der Waals surface area contributed by atoms with Crippen molar-refractivity contribution in [1.82, 2.24) is 10.2 Å². The Kier molecular flexibility index (Phi) is 7.10. The molecule has 4 nitrogen and oxygen atoms in total. The molecule has 186 valence electrons. The lowest BCUT2D eigenvalue weighted by molar-refractivity contribution is 0.194. The number of benzene rings is 3. The van der Waals surface area contributed by atoms with Gasteiger partial charge in [-0.15, -0.1) is 0 Å². The summed E-state index contributed by atoms with van der Waals surface area (Å²) >= 11 is 10.1. The molecule has 3 aromatic carbocycles. The highest BCUT2D eigenvalue weighted by Crippen LogP contribution is 2.33. The first-order valence-electron chi connectivity index (χ1n) is 12.8. The Balaban J connectivity index is 1.12. The molecule has 0 bridgehead atoms. The predicted octanol–water partition coefficient (Wildman–Crippen LogP) is 7.01. The molecule has 0 saturated carbocycles. The van der Waals surface area contributed by atoms with Gasteiger partial charge >= 0.3 is 0 Å². The third-order valence-electron chi connectivity index (χ3n) is 7.22. The number of hydrogen-bond donors (Lipinski definition) is 1. The fraction of sp³-hybridized carbons (Fsp3) is 0.226. The number of likely N-dealkylation sites (tertiary alicyclic amines) is 1. The van der Waals surface area contributed by atoms with Gasteiger partial charge in [-0.05, 0) is 63.7 Å². The quantitative estimate of drug-likeness (QED) is 0.346. The predicted molar refractivity (Wildman–Crippen MR) is 158 cm³/mol. The topological polar surface area (TPSA) is 40.0 Å². The standard InChI is InChI=1S/C31H28BrClN4/c32-26-19-34-31-29(18-28(36-30(26)31)25-11-4-5-12-27(25)33)35-24-13-15-37(16-14-24)20-21-7-6-10-23(17-21)22-8-2-1-3-9-22/h1-12,17-19,24,31,35H,13-16,20H2. The van der Waals surface area contributed by atoms with E-state index in [4.69, 9.17) is 21.6 Å². The van der Waals surface area contributed by atoms with Crippen molar-refractivity contribution < 1.29 is 0 Å². The van der Waals surface area contributed by atoms with Gasteiger partial charge in [0.2, 0.25) is 0 Å². The maximum absolute atomic E-state index is 6.51. The van der Waals surface area contributed by atoms with Crippen molar-refractivity contribution >= 4 is 39.5 Å². The second-order valence-corrected chi connectivity index (χ2v) is 11.0. The number of hydrogen-bond acceptors (Lipinski definition) is 4. The van der Waals surface area contributed by atoms with Crippen LogP contribution in [0.15, 0.2) is 111 Å². The highest BCUT2D eigenvalue weighted by Gasteiger charge is 2.31. The fourth-order valence-corrected chi connectivity index (χ4v) is 5.93. The van der Waals surface area contributed by atoms with E-state index in [0.29, 0.717) is 11.1 Å². The molecule has 1 fully saturated rings. The van der Waals surface area contributed by atoms with Crippen LogP contribution in [0.3, 0.4) is 0 Å². The summed E-state index contributed by atoms with van der Waals surface area (Å²) in [6.07, 6.45) is 6.16. The van der Waals surface area contributed by atoms with E-state index in [1.54, 1.807) is 0 Å². The Bertz CT molecular complexity index is 1420. The number of aliphatic imine (C=N–C) groups is 2. The van der Waals surface area contributed by atoms with Gasteiger partial charge < -0.3 is 5.32 Å². The molecule has 3 aromatic rings. The third kappa shape index (κ3) is 5.35. The van der Waals surface area contributed by atoms with E-state index in [9.17, 15) is 0 Å². The zero-order chi connectivity index (χ0) is 25.2. The van der Waals surface area contributed by atoms with E-state index in [1.807, 2.05) is 30.5 Å². The highest BCUT2D eigenvalue weighted by molar-refractivity contribution is 9.12.